The van der Waals surface area contributed by atoms with Crippen LogP contribution >= 0.6 is 15.9 Å². The Morgan fingerprint density at radius 1 is 1.62 bits per heavy atom. The van der Waals surface area contributed by atoms with Crippen LogP contribution in [0.3, 0.4) is 0 Å². The van der Waals surface area contributed by atoms with Crippen molar-refractivity contribution in [3.05, 3.63) is 16.1 Å². The second-order valence-electron chi connectivity index (χ2n) is 2.25. The Bertz CT molecular complexity index is 320. The molecule has 1 heterocycles. The lowest BCUT2D eigenvalue weighted by molar-refractivity contribution is 0.146. The predicted octanol–water partition coefficient (Wildman–Crippen LogP) is 2.37. The fourth-order valence-corrected chi connectivity index (χ4v) is 1.15. The number of anilines is 1. The first kappa shape index (κ1) is 10.2. The summed E-state index contributed by atoms with van der Waals surface area (Å²) in [5, 5.41) is 0. The number of hydrogen-bond acceptors (Lipinski definition) is 3. The minimum Gasteiger partial charge on any atom is -0.481 e. The van der Waals surface area contributed by atoms with Gasteiger partial charge in [-0.3, -0.25) is 0 Å². The number of pyridine rings is 1. The molecule has 13 heavy (non-hydrogen) atoms. The van der Waals surface area contributed by atoms with Crippen LogP contribution in [0.5, 0.6) is 5.88 Å². The monoisotopic (exact) mass is 252 g/mol. The molecule has 3 nitrogen and oxygen atoms in total. The molecule has 0 bridgehead atoms. The van der Waals surface area contributed by atoms with Crippen LogP contribution in [0.2, 0.25) is 0 Å². The first-order valence-corrected chi connectivity index (χ1v) is 4.13. The first-order chi connectivity index (χ1) is 6.06. The number of nitrogens with two attached hydrogens (primary N) is 1. The zero-order valence-corrected chi connectivity index (χ0v) is 8.31. The van der Waals surface area contributed by atoms with Gasteiger partial charge in [0.1, 0.15) is 5.82 Å². The summed E-state index contributed by atoms with van der Waals surface area (Å²) in [6.45, 7) is 0. The molecular weight excluding hydrogens is 246 g/mol. The Morgan fingerprint density at radius 3 is 2.69 bits per heavy atom. The Morgan fingerprint density at radius 2 is 2.23 bits per heavy atom. The maximum absolute atomic E-state index is 12.3. The minimum absolute atomic E-state index is 0.126. The normalized spacial score (nSPS) is 10.5. The molecule has 0 atom stereocenters. The van der Waals surface area contributed by atoms with Crippen LogP contribution in [0.4, 0.5) is 14.6 Å². The van der Waals surface area contributed by atoms with Gasteiger partial charge >= 0.3 is 0 Å². The highest BCUT2D eigenvalue weighted by Gasteiger charge is 2.17. The number of ether oxygens (including phenoxy) is 1. The molecule has 0 spiro atoms. The molecule has 72 valence electrons. The van der Waals surface area contributed by atoms with Crippen molar-refractivity contribution in [1.29, 1.82) is 0 Å². The van der Waals surface area contributed by atoms with Gasteiger partial charge in [-0.15, -0.1) is 0 Å². The third kappa shape index (κ3) is 2.06. The highest BCUT2D eigenvalue weighted by Crippen LogP contribution is 2.32. The maximum Gasteiger partial charge on any atom is 0.269 e. The van der Waals surface area contributed by atoms with Crippen LogP contribution in [-0.4, -0.2) is 12.1 Å². The van der Waals surface area contributed by atoms with Gasteiger partial charge in [0.05, 0.1) is 17.1 Å². The summed E-state index contributed by atoms with van der Waals surface area (Å²) in [6.07, 6.45) is -2.63. The zero-order valence-electron chi connectivity index (χ0n) is 6.72. The van der Waals surface area contributed by atoms with E-state index < -0.39 is 6.43 Å². The average molecular weight is 253 g/mol. The number of halogens is 3. The van der Waals surface area contributed by atoms with Crippen LogP contribution < -0.4 is 10.5 Å². The lowest BCUT2D eigenvalue weighted by atomic mass is 10.3. The van der Waals surface area contributed by atoms with Gasteiger partial charge in [-0.1, -0.05) is 0 Å². The summed E-state index contributed by atoms with van der Waals surface area (Å²) >= 11 is 3.00. The van der Waals surface area contributed by atoms with Crippen LogP contribution in [0.25, 0.3) is 0 Å². The minimum atomic E-state index is -2.63. The largest absolute Gasteiger partial charge is 0.481 e. The van der Waals surface area contributed by atoms with Crippen molar-refractivity contribution in [3.63, 3.8) is 0 Å². The summed E-state index contributed by atoms with van der Waals surface area (Å²) in [5.74, 6) is -0.0167. The second kappa shape index (κ2) is 3.87. The van der Waals surface area contributed by atoms with Crippen LogP contribution in [0.15, 0.2) is 10.5 Å². The van der Waals surface area contributed by atoms with Crippen molar-refractivity contribution in [2.45, 2.75) is 6.43 Å². The highest BCUT2D eigenvalue weighted by atomic mass is 79.9. The van der Waals surface area contributed by atoms with Crippen molar-refractivity contribution in [2.75, 3.05) is 12.8 Å². The van der Waals surface area contributed by atoms with E-state index in [2.05, 4.69) is 25.7 Å². The summed E-state index contributed by atoms with van der Waals surface area (Å²) in [5.41, 5.74) is 5.11. The molecule has 0 fully saturated rings. The van der Waals surface area contributed by atoms with E-state index in [0.29, 0.717) is 4.47 Å². The van der Waals surface area contributed by atoms with E-state index in [-0.39, 0.29) is 17.3 Å². The van der Waals surface area contributed by atoms with Gasteiger partial charge in [-0.2, -0.15) is 4.98 Å². The molecule has 1 rings (SSSR count). The third-order valence-electron chi connectivity index (χ3n) is 1.42. The van der Waals surface area contributed by atoms with E-state index in [1.165, 1.54) is 13.2 Å². The molecule has 0 aliphatic carbocycles. The van der Waals surface area contributed by atoms with Gasteiger partial charge in [0.25, 0.3) is 6.43 Å². The van der Waals surface area contributed by atoms with Crippen molar-refractivity contribution >= 4 is 21.7 Å². The molecule has 0 radical (unpaired) electrons. The topological polar surface area (TPSA) is 48.1 Å². The number of alkyl halides is 2. The molecule has 0 saturated carbocycles. The van der Waals surface area contributed by atoms with Crippen LogP contribution in [0, 0.1) is 0 Å². The molecule has 1 aromatic rings. The van der Waals surface area contributed by atoms with Crippen molar-refractivity contribution in [3.8, 4) is 5.88 Å². The van der Waals surface area contributed by atoms with Gasteiger partial charge in [0.2, 0.25) is 5.88 Å². The zero-order chi connectivity index (χ0) is 10.0. The summed E-state index contributed by atoms with van der Waals surface area (Å²) < 4.78 is 29.7. The predicted molar refractivity (Wildman–Crippen MR) is 47.9 cm³/mol. The van der Waals surface area contributed by atoms with Gasteiger partial charge in [0, 0.05) is 0 Å². The van der Waals surface area contributed by atoms with Crippen LogP contribution in [-0.2, 0) is 0 Å². The highest BCUT2D eigenvalue weighted by molar-refractivity contribution is 9.10. The lowest BCUT2D eigenvalue weighted by Gasteiger charge is -2.08. The molecular formula is C7H7BrF2N2O. The number of hydrogen-bond donors (Lipinski definition) is 1. The third-order valence-corrected chi connectivity index (χ3v) is 2.06. The van der Waals surface area contributed by atoms with E-state index in [9.17, 15) is 8.78 Å². The van der Waals surface area contributed by atoms with Gasteiger partial charge in [-0.05, 0) is 22.0 Å². The fraction of sp³-hybridized carbons (Fsp3) is 0.286. The molecule has 2 N–H and O–H groups in total. The molecule has 0 aromatic carbocycles. The van der Waals surface area contributed by atoms with Gasteiger partial charge < -0.3 is 10.5 Å². The van der Waals surface area contributed by atoms with E-state index in [4.69, 9.17) is 5.73 Å². The van der Waals surface area contributed by atoms with Crippen LogP contribution in [0.1, 0.15) is 12.0 Å². The molecule has 0 aliphatic rings. The van der Waals surface area contributed by atoms with Crippen molar-refractivity contribution in [1.82, 2.24) is 4.98 Å². The Kier molecular flexibility index (Phi) is 3.02. The molecule has 1 aromatic heterocycles. The molecule has 6 heteroatoms. The lowest BCUT2D eigenvalue weighted by Crippen LogP contribution is -2.00. The Labute approximate surface area is 82.0 Å². The first-order valence-electron chi connectivity index (χ1n) is 3.34. The van der Waals surface area contributed by atoms with Crippen molar-refractivity contribution < 1.29 is 13.5 Å². The molecule has 0 aliphatic heterocycles. The fourth-order valence-electron chi connectivity index (χ4n) is 0.819. The molecule has 0 unspecified atom stereocenters. The summed E-state index contributed by atoms with van der Waals surface area (Å²) in [6, 6.07) is 1.20. The number of nitrogens with zero attached hydrogens (tertiary/aromatic N) is 1. The number of rotatable bonds is 2. The number of aromatic nitrogens is 1. The summed E-state index contributed by atoms with van der Waals surface area (Å²) in [4.78, 5) is 3.64. The smallest absolute Gasteiger partial charge is 0.269 e. The van der Waals surface area contributed by atoms with E-state index in [1.54, 1.807) is 0 Å². The van der Waals surface area contributed by atoms with E-state index in [1.807, 2.05) is 0 Å². The quantitative estimate of drug-likeness (QED) is 0.880. The second-order valence-corrected chi connectivity index (χ2v) is 3.11. The molecule has 0 amide bonds. The average Bonchev–Trinajstić information content (AvgIpc) is 2.08. The van der Waals surface area contributed by atoms with Gasteiger partial charge in [0.15, 0.2) is 0 Å². The Balaban J connectivity index is 3.25. The SMILES string of the molecule is COc1nc(N)c(Br)cc1C(F)F. The van der Waals surface area contributed by atoms with E-state index >= 15 is 0 Å². The standard InChI is InChI=1S/C7H7BrF2N2O/c1-13-7-3(5(9)10)2-4(8)6(11)12-7/h2,5H,1H3,(H2,11,12). The Hall–Kier alpha value is -0.910. The number of nitrogen functional groups attached to an aromatic ring is 1. The number of methoxy groups -OCH3 is 1. The van der Waals surface area contributed by atoms with Gasteiger partial charge in [-0.25, -0.2) is 8.78 Å². The maximum atomic E-state index is 12.3. The summed E-state index contributed by atoms with van der Waals surface area (Å²) in [7, 11) is 1.27. The van der Waals surface area contributed by atoms with E-state index in [0.717, 1.165) is 0 Å². The van der Waals surface area contributed by atoms with Crippen molar-refractivity contribution in [2.24, 2.45) is 0 Å². The molecule has 0 saturated heterocycles.